The maximum absolute atomic E-state index is 13.5. The smallest absolute Gasteiger partial charge is 0.242 e. The number of anilines is 1. The molecule has 0 aromatic heterocycles. The van der Waals surface area contributed by atoms with Crippen molar-refractivity contribution in [2.45, 2.75) is 71.0 Å². The first-order chi connectivity index (χ1) is 18.0. The fraction of sp³-hybridized carbons (Fsp3) is 0.500. The second-order valence-electron chi connectivity index (χ2n) is 9.86. The van der Waals surface area contributed by atoms with Crippen LogP contribution < -0.4 is 14.4 Å². The zero-order valence-corrected chi connectivity index (χ0v) is 24.1. The van der Waals surface area contributed by atoms with Gasteiger partial charge in [0, 0.05) is 30.6 Å². The van der Waals surface area contributed by atoms with E-state index in [1.165, 1.54) is 4.31 Å². The molecule has 2 amide bonds. The van der Waals surface area contributed by atoms with E-state index in [2.05, 4.69) is 5.32 Å². The minimum absolute atomic E-state index is 0.0861. The van der Waals surface area contributed by atoms with Gasteiger partial charge < -0.3 is 15.0 Å². The van der Waals surface area contributed by atoms with Crippen LogP contribution in [0.15, 0.2) is 42.5 Å². The van der Waals surface area contributed by atoms with Crippen LogP contribution in [0, 0.1) is 6.92 Å². The standard InChI is InChI=1S/C28H38ClN3O5S/c1-20-25(29)11-7-12-26(20)32(38(4,35)36)18-8-13-27(33)31(19-22-14-16-24(37-3)17-15-22)21(2)28(34)30-23-9-5-6-10-23/h7,11-12,14-17,21,23H,5-6,8-10,13,18-19H2,1-4H3,(H,30,34)/t21-/m1/s1. The molecule has 1 saturated carbocycles. The van der Waals surface area contributed by atoms with E-state index < -0.39 is 16.1 Å². The zero-order chi connectivity index (χ0) is 27.9. The topological polar surface area (TPSA) is 96.0 Å². The van der Waals surface area contributed by atoms with Crippen molar-refractivity contribution in [1.82, 2.24) is 10.2 Å². The summed E-state index contributed by atoms with van der Waals surface area (Å²) >= 11 is 6.23. The Kier molecular flexibility index (Phi) is 10.4. The summed E-state index contributed by atoms with van der Waals surface area (Å²) in [7, 11) is -2.01. The number of rotatable bonds is 12. The summed E-state index contributed by atoms with van der Waals surface area (Å²) in [5.74, 6) is 0.313. The summed E-state index contributed by atoms with van der Waals surface area (Å²) in [4.78, 5) is 28.1. The first-order valence-corrected chi connectivity index (χ1v) is 15.2. The molecule has 0 bridgehead atoms. The van der Waals surface area contributed by atoms with Crippen LogP contribution in [0.25, 0.3) is 0 Å². The number of ether oxygens (including phenoxy) is 1. The van der Waals surface area contributed by atoms with Gasteiger partial charge in [-0.2, -0.15) is 0 Å². The highest BCUT2D eigenvalue weighted by Crippen LogP contribution is 2.28. The number of nitrogens with zero attached hydrogens (tertiary/aromatic N) is 2. The fourth-order valence-corrected chi connectivity index (χ4v) is 5.94. The number of benzene rings is 2. The van der Waals surface area contributed by atoms with Gasteiger partial charge in [0.15, 0.2) is 0 Å². The quantitative estimate of drug-likeness (QED) is 0.404. The lowest BCUT2D eigenvalue weighted by Crippen LogP contribution is -2.49. The van der Waals surface area contributed by atoms with E-state index in [4.69, 9.17) is 16.3 Å². The van der Waals surface area contributed by atoms with Crippen molar-refractivity contribution in [2.24, 2.45) is 0 Å². The van der Waals surface area contributed by atoms with Crippen molar-refractivity contribution in [1.29, 1.82) is 0 Å². The molecule has 0 saturated heterocycles. The molecule has 0 heterocycles. The van der Waals surface area contributed by atoms with Gasteiger partial charge in [-0.3, -0.25) is 13.9 Å². The van der Waals surface area contributed by atoms with E-state index in [0.29, 0.717) is 22.0 Å². The number of sulfonamides is 1. The Morgan fingerprint density at radius 1 is 1.13 bits per heavy atom. The molecule has 1 fully saturated rings. The Labute approximate surface area is 231 Å². The van der Waals surface area contributed by atoms with E-state index in [1.807, 2.05) is 24.3 Å². The number of halogens is 1. The second-order valence-corrected chi connectivity index (χ2v) is 12.2. The molecule has 0 spiro atoms. The van der Waals surface area contributed by atoms with Gasteiger partial charge in [-0.1, -0.05) is 42.6 Å². The maximum atomic E-state index is 13.5. The lowest BCUT2D eigenvalue weighted by molar-refractivity contribution is -0.141. The normalized spacial score (nSPS) is 14.7. The summed E-state index contributed by atoms with van der Waals surface area (Å²) in [6.45, 7) is 3.88. The molecule has 1 aliphatic carbocycles. The molecule has 1 aliphatic rings. The number of nitrogens with one attached hydrogen (secondary N) is 1. The van der Waals surface area contributed by atoms with Crippen LogP contribution in [0.5, 0.6) is 5.75 Å². The lowest BCUT2D eigenvalue weighted by atomic mass is 10.1. The second kappa shape index (κ2) is 13.3. The molecule has 0 unspecified atom stereocenters. The van der Waals surface area contributed by atoms with Crippen molar-refractivity contribution in [3.63, 3.8) is 0 Å². The molecule has 1 N–H and O–H groups in total. The first-order valence-electron chi connectivity index (χ1n) is 13.0. The van der Waals surface area contributed by atoms with Gasteiger partial charge in [-0.15, -0.1) is 0 Å². The third kappa shape index (κ3) is 7.86. The van der Waals surface area contributed by atoms with Gasteiger partial charge in [0.05, 0.1) is 19.1 Å². The lowest BCUT2D eigenvalue weighted by Gasteiger charge is -2.30. The van der Waals surface area contributed by atoms with Crippen LogP contribution in [0.4, 0.5) is 5.69 Å². The van der Waals surface area contributed by atoms with Gasteiger partial charge >= 0.3 is 0 Å². The summed E-state index contributed by atoms with van der Waals surface area (Å²) in [6, 6.07) is 12.0. The minimum Gasteiger partial charge on any atom is -0.497 e. The van der Waals surface area contributed by atoms with Crippen LogP contribution in [0.3, 0.4) is 0 Å². The van der Waals surface area contributed by atoms with Crippen molar-refractivity contribution >= 4 is 39.1 Å². The van der Waals surface area contributed by atoms with E-state index in [9.17, 15) is 18.0 Å². The zero-order valence-electron chi connectivity index (χ0n) is 22.6. The Morgan fingerprint density at radius 2 is 1.79 bits per heavy atom. The van der Waals surface area contributed by atoms with Crippen molar-refractivity contribution < 1.29 is 22.7 Å². The van der Waals surface area contributed by atoms with Crippen molar-refractivity contribution in [3.8, 4) is 5.75 Å². The predicted molar refractivity (Wildman–Crippen MR) is 151 cm³/mol. The van der Waals surface area contributed by atoms with Gasteiger partial charge in [-0.25, -0.2) is 8.42 Å². The third-order valence-corrected chi connectivity index (χ3v) is 8.63. The monoisotopic (exact) mass is 563 g/mol. The highest BCUT2D eigenvalue weighted by Gasteiger charge is 2.29. The molecule has 0 radical (unpaired) electrons. The van der Waals surface area contributed by atoms with Gasteiger partial charge in [0.1, 0.15) is 11.8 Å². The number of hydrogen-bond acceptors (Lipinski definition) is 5. The number of carbonyl (C=O) groups excluding carboxylic acids is 2. The van der Waals surface area contributed by atoms with Crippen LogP contribution in [-0.2, 0) is 26.2 Å². The maximum Gasteiger partial charge on any atom is 0.242 e. The molecule has 2 aromatic carbocycles. The number of hydrogen-bond donors (Lipinski definition) is 1. The Bertz CT molecular complexity index is 1210. The average molecular weight is 564 g/mol. The van der Waals surface area contributed by atoms with Gasteiger partial charge in [-0.05, 0) is 68.5 Å². The molecule has 208 valence electrons. The molecule has 38 heavy (non-hydrogen) atoms. The van der Waals surface area contributed by atoms with E-state index in [1.54, 1.807) is 44.1 Å². The predicted octanol–water partition coefficient (Wildman–Crippen LogP) is 4.68. The molecule has 10 heteroatoms. The minimum atomic E-state index is -3.60. The molecule has 2 aromatic rings. The Balaban J connectivity index is 1.74. The van der Waals surface area contributed by atoms with Crippen LogP contribution in [0.2, 0.25) is 5.02 Å². The summed E-state index contributed by atoms with van der Waals surface area (Å²) in [5.41, 5.74) is 2.02. The molecule has 8 nitrogen and oxygen atoms in total. The highest BCUT2D eigenvalue weighted by atomic mass is 35.5. The molecular weight excluding hydrogens is 526 g/mol. The van der Waals surface area contributed by atoms with Gasteiger partial charge in [0.2, 0.25) is 21.8 Å². The number of methoxy groups -OCH3 is 1. The van der Waals surface area contributed by atoms with Gasteiger partial charge in [0.25, 0.3) is 0 Å². The number of carbonyl (C=O) groups is 2. The summed E-state index contributed by atoms with van der Waals surface area (Å²) < 4.78 is 31.7. The Hall–Kier alpha value is -2.78. The summed E-state index contributed by atoms with van der Waals surface area (Å²) in [6.07, 6.45) is 5.61. The summed E-state index contributed by atoms with van der Waals surface area (Å²) in [5, 5.41) is 3.56. The largest absolute Gasteiger partial charge is 0.497 e. The van der Waals surface area contributed by atoms with E-state index in [0.717, 1.165) is 37.5 Å². The Morgan fingerprint density at radius 3 is 2.39 bits per heavy atom. The molecule has 3 rings (SSSR count). The van der Waals surface area contributed by atoms with E-state index >= 15 is 0 Å². The van der Waals surface area contributed by atoms with Crippen molar-refractivity contribution in [2.75, 3.05) is 24.2 Å². The van der Waals surface area contributed by atoms with E-state index in [-0.39, 0.29) is 43.8 Å². The third-order valence-electron chi connectivity index (χ3n) is 7.04. The molecule has 1 atom stereocenters. The van der Waals surface area contributed by atoms with Crippen LogP contribution >= 0.6 is 11.6 Å². The highest BCUT2D eigenvalue weighted by molar-refractivity contribution is 7.92. The molecular formula is C28H38ClN3O5S. The van der Waals surface area contributed by atoms with Crippen LogP contribution in [-0.4, -0.2) is 57.1 Å². The SMILES string of the molecule is COc1ccc(CN(C(=O)CCCN(c2cccc(Cl)c2C)S(C)(=O)=O)[C@H](C)C(=O)NC2CCCC2)cc1. The fourth-order valence-electron chi connectivity index (χ4n) is 4.75. The van der Waals surface area contributed by atoms with Crippen LogP contribution in [0.1, 0.15) is 56.6 Å². The van der Waals surface area contributed by atoms with Crippen molar-refractivity contribution in [3.05, 3.63) is 58.6 Å². The average Bonchev–Trinajstić information content (AvgIpc) is 3.39. The molecule has 0 aliphatic heterocycles. The first kappa shape index (κ1) is 29.8. The number of amides is 2.